The van der Waals surface area contributed by atoms with Gasteiger partial charge < -0.3 is 10.1 Å². The number of nitrogens with zero attached hydrogens (tertiary/aromatic N) is 1. The number of amides is 1. The van der Waals surface area contributed by atoms with Crippen LogP contribution in [-0.4, -0.2) is 36.5 Å². The van der Waals surface area contributed by atoms with Crippen molar-refractivity contribution in [3.05, 3.63) is 66.0 Å². The van der Waals surface area contributed by atoms with E-state index in [0.29, 0.717) is 19.7 Å². The van der Waals surface area contributed by atoms with Gasteiger partial charge in [0.25, 0.3) is 0 Å². The Morgan fingerprint density at radius 2 is 2.04 bits per heavy atom. The normalized spacial score (nSPS) is 19.7. The molecule has 2 unspecified atom stereocenters. The van der Waals surface area contributed by atoms with Crippen LogP contribution in [-0.2, 0) is 9.53 Å². The number of carbonyl (C=O) groups is 1. The molecule has 1 heterocycles. The van der Waals surface area contributed by atoms with Crippen molar-refractivity contribution >= 4 is 11.6 Å². The molecule has 2 aromatic rings. The molecule has 1 saturated heterocycles. The zero-order chi connectivity index (χ0) is 16.9. The molecular formula is C19H21FN2O2. The lowest BCUT2D eigenvalue weighted by Gasteiger charge is -2.36. The number of ether oxygens (including phenoxy) is 1. The van der Waals surface area contributed by atoms with Crippen molar-refractivity contribution in [2.45, 2.75) is 19.1 Å². The van der Waals surface area contributed by atoms with E-state index in [-0.39, 0.29) is 23.9 Å². The van der Waals surface area contributed by atoms with E-state index in [0.717, 1.165) is 11.3 Å². The molecule has 2 atom stereocenters. The third kappa shape index (κ3) is 3.99. The van der Waals surface area contributed by atoms with E-state index < -0.39 is 0 Å². The third-order valence-electron chi connectivity index (χ3n) is 4.29. The first-order chi connectivity index (χ1) is 11.6. The van der Waals surface area contributed by atoms with Gasteiger partial charge in [0.15, 0.2) is 0 Å². The van der Waals surface area contributed by atoms with Gasteiger partial charge in [-0.25, -0.2) is 4.39 Å². The Morgan fingerprint density at radius 1 is 1.25 bits per heavy atom. The molecule has 0 aliphatic carbocycles. The summed E-state index contributed by atoms with van der Waals surface area (Å²) in [4.78, 5) is 14.5. The van der Waals surface area contributed by atoms with Crippen LogP contribution < -0.4 is 5.32 Å². The fourth-order valence-electron chi connectivity index (χ4n) is 2.86. The van der Waals surface area contributed by atoms with Crippen LogP contribution in [0.25, 0.3) is 0 Å². The van der Waals surface area contributed by atoms with Crippen molar-refractivity contribution in [2.24, 2.45) is 0 Å². The van der Waals surface area contributed by atoms with Crippen LogP contribution in [0.3, 0.4) is 0 Å². The van der Waals surface area contributed by atoms with Gasteiger partial charge in [-0.2, -0.15) is 0 Å². The van der Waals surface area contributed by atoms with Crippen LogP contribution in [0.4, 0.5) is 10.1 Å². The molecule has 5 heteroatoms. The Hall–Kier alpha value is -2.24. The Morgan fingerprint density at radius 3 is 2.79 bits per heavy atom. The van der Waals surface area contributed by atoms with Crippen molar-refractivity contribution in [3.8, 4) is 0 Å². The van der Waals surface area contributed by atoms with Crippen LogP contribution in [0.1, 0.15) is 18.6 Å². The molecule has 1 amide bonds. The molecule has 0 radical (unpaired) electrons. The van der Waals surface area contributed by atoms with Gasteiger partial charge in [-0.1, -0.05) is 30.3 Å². The summed E-state index contributed by atoms with van der Waals surface area (Å²) in [6, 6.07) is 15.5. The quantitative estimate of drug-likeness (QED) is 0.937. The first kappa shape index (κ1) is 16.6. The summed E-state index contributed by atoms with van der Waals surface area (Å²) in [5, 5.41) is 2.92. The van der Waals surface area contributed by atoms with Gasteiger partial charge in [0.2, 0.25) is 5.91 Å². The molecule has 2 aromatic carbocycles. The minimum absolute atomic E-state index is 0.0545. The van der Waals surface area contributed by atoms with E-state index in [4.69, 9.17) is 4.74 Å². The number of benzene rings is 2. The van der Waals surface area contributed by atoms with Crippen molar-refractivity contribution < 1.29 is 13.9 Å². The number of anilines is 1. The van der Waals surface area contributed by atoms with Gasteiger partial charge >= 0.3 is 0 Å². The SMILES string of the molecule is CC(C(=O)Nc1ccccc1)N1CCOC(c2cccc(F)c2)C1. The largest absolute Gasteiger partial charge is 0.371 e. The zero-order valence-electron chi connectivity index (χ0n) is 13.6. The molecule has 0 aromatic heterocycles. The molecule has 0 saturated carbocycles. The van der Waals surface area contributed by atoms with Gasteiger partial charge in [0.05, 0.1) is 18.8 Å². The highest BCUT2D eigenvalue weighted by Crippen LogP contribution is 2.24. The Labute approximate surface area is 141 Å². The fourth-order valence-corrected chi connectivity index (χ4v) is 2.86. The average Bonchev–Trinajstić information content (AvgIpc) is 2.62. The first-order valence-corrected chi connectivity index (χ1v) is 8.10. The average molecular weight is 328 g/mol. The molecule has 0 spiro atoms. The predicted molar refractivity (Wildman–Crippen MR) is 91.2 cm³/mol. The summed E-state index contributed by atoms with van der Waals surface area (Å²) in [6.07, 6.45) is -0.221. The lowest BCUT2D eigenvalue weighted by molar-refractivity contribution is -0.124. The number of para-hydroxylation sites is 1. The Balaban J connectivity index is 1.64. The lowest BCUT2D eigenvalue weighted by Crippen LogP contribution is -2.48. The van der Waals surface area contributed by atoms with Gasteiger partial charge in [0.1, 0.15) is 5.82 Å². The monoisotopic (exact) mass is 328 g/mol. The standard InChI is InChI=1S/C19H21FN2O2/c1-14(19(23)21-17-8-3-2-4-9-17)22-10-11-24-18(13-22)15-6-5-7-16(20)12-15/h2-9,12,14,18H,10-11,13H2,1H3,(H,21,23). The number of rotatable bonds is 4. The van der Waals surface area contributed by atoms with E-state index >= 15 is 0 Å². The van der Waals surface area contributed by atoms with Crippen molar-refractivity contribution in [1.29, 1.82) is 0 Å². The molecule has 4 nitrogen and oxygen atoms in total. The molecule has 0 bridgehead atoms. The maximum atomic E-state index is 13.4. The second kappa shape index (κ2) is 7.55. The van der Waals surface area contributed by atoms with E-state index in [2.05, 4.69) is 10.2 Å². The highest BCUT2D eigenvalue weighted by atomic mass is 19.1. The van der Waals surface area contributed by atoms with Gasteiger partial charge in [-0.15, -0.1) is 0 Å². The second-order valence-electron chi connectivity index (χ2n) is 5.94. The van der Waals surface area contributed by atoms with Gasteiger partial charge in [-0.05, 0) is 36.8 Å². The van der Waals surface area contributed by atoms with E-state index in [1.54, 1.807) is 6.07 Å². The summed E-state index contributed by atoms with van der Waals surface area (Å²) in [7, 11) is 0. The van der Waals surface area contributed by atoms with E-state index in [1.807, 2.05) is 43.3 Å². The maximum Gasteiger partial charge on any atom is 0.241 e. The minimum Gasteiger partial charge on any atom is -0.371 e. The van der Waals surface area contributed by atoms with Crippen LogP contribution >= 0.6 is 0 Å². The molecule has 1 fully saturated rings. The number of morpholine rings is 1. The van der Waals surface area contributed by atoms with Crippen LogP contribution in [0.5, 0.6) is 0 Å². The topological polar surface area (TPSA) is 41.6 Å². The smallest absolute Gasteiger partial charge is 0.241 e. The molecule has 3 rings (SSSR count). The number of nitrogens with one attached hydrogen (secondary N) is 1. The first-order valence-electron chi connectivity index (χ1n) is 8.10. The fraction of sp³-hybridized carbons (Fsp3) is 0.316. The Bertz CT molecular complexity index is 693. The van der Waals surface area contributed by atoms with Crippen LogP contribution in [0.2, 0.25) is 0 Å². The van der Waals surface area contributed by atoms with E-state index in [9.17, 15) is 9.18 Å². The summed E-state index contributed by atoms with van der Waals surface area (Å²) in [5.41, 5.74) is 1.58. The number of hydrogen-bond donors (Lipinski definition) is 1. The summed E-state index contributed by atoms with van der Waals surface area (Å²) in [5.74, 6) is -0.329. The lowest BCUT2D eigenvalue weighted by atomic mass is 10.1. The second-order valence-corrected chi connectivity index (χ2v) is 5.94. The maximum absolute atomic E-state index is 13.4. The molecule has 126 valence electrons. The molecular weight excluding hydrogens is 307 g/mol. The number of carbonyl (C=O) groups excluding carboxylic acids is 1. The summed E-state index contributed by atoms with van der Waals surface area (Å²) in [6.45, 7) is 3.64. The Kier molecular flexibility index (Phi) is 5.23. The van der Waals surface area contributed by atoms with E-state index in [1.165, 1.54) is 12.1 Å². The summed E-state index contributed by atoms with van der Waals surface area (Å²) >= 11 is 0. The molecule has 1 aliphatic heterocycles. The van der Waals surface area contributed by atoms with Crippen LogP contribution in [0, 0.1) is 5.82 Å². The molecule has 1 N–H and O–H groups in total. The van der Waals surface area contributed by atoms with Crippen molar-refractivity contribution in [3.63, 3.8) is 0 Å². The minimum atomic E-state index is -0.287. The molecule has 1 aliphatic rings. The zero-order valence-corrected chi connectivity index (χ0v) is 13.6. The predicted octanol–water partition coefficient (Wildman–Crippen LogP) is 3.23. The van der Waals surface area contributed by atoms with Gasteiger partial charge in [-0.3, -0.25) is 9.69 Å². The highest BCUT2D eigenvalue weighted by molar-refractivity contribution is 5.94. The number of halogens is 1. The molecule has 24 heavy (non-hydrogen) atoms. The number of hydrogen-bond acceptors (Lipinski definition) is 3. The third-order valence-corrected chi connectivity index (χ3v) is 4.29. The van der Waals surface area contributed by atoms with Crippen molar-refractivity contribution in [2.75, 3.05) is 25.0 Å². The van der Waals surface area contributed by atoms with Crippen molar-refractivity contribution in [1.82, 2.24) is 4.90 Å². The highest BCUT2D eigenvalue weighted by Gasteiger charge is 2.28. The van der Waals surface area contributed by atoms with Crippen LogP contribution in [0.15, 0.2) is 54.6 Å². The summed E-state index contributed by atoms with van der Waals surface area (Å²) < 4.78 is 19.2. The van der Waals surface area contributed by atoms with Gasteiger partial charge in [0, 0.05) is 18.8 Å².